The van der Waals surface area contributed by atoms with Crippen LogP contribution in [0.2, 0.25) is 0 Å². The van der Waals surface area contributed by atoms with E-state index >= 15 is 0 Å². The van der Waals surface area contributed by atoms with Crippen molar-refractivity contribution in [2.45, 2.75) is 5.03 Å². The van der Waals surface area contributed by atoms with Crippen molar-refractivity contribution in [3.8, 4) is 5.75 Å². The number of rotatable bonds is 5. The fourth-order valence-corrected chi connectivity index (χ4v) is 2.62. The molecule has 0 atom stereocenters. The zero-order valence-electron chi connectivity index (χ0n) is 10.5. The van der Waals surface area contributed by atoms with E-state index in [1.807, 2.05) is 0 Å². The largest absolute Gasteiger partial charge is 0.495 e. The van der Waals surface area contributed by atoms with Gasteiger partial charge in [-0.15, -0.1) is 0 Å². The van der Waals surface area contributed by atoms with Gasteiger partial charge in [0.15, 0.2) is 5.03 Å². The Morgan fingerprint density at radius 3 is 2.80 bits per heavy atom. The van der Waals surface area contributed by atoms with E-state index in [1.165, 1.54) is 25.7 Å². The quantitative estimate of drug-likeness (QED) is 0.706. The van der Waals surface area contributed by atoms with Crippen LogP contribution in [0.25, 0.3) is 0 Å². The van der Waals surface area contributed by atoms with E-state index in [4.69, 9.17) is 22.7 Å². The molecular formula is C11H12N4O3S2. The van der Waals surface area contributed by atoms with Crippen molar-refractivity contribution in [3.63, 3.8) is 0 Å². The minimum atomic E-state index is -3.75. The zero-order chi connectivity index (χ0) is 14.8. The molecule has 106 valence electrons. The average molecular weight is 312 g/mol. The van der Waals surface area contributed by atoms with Gasteiger partial charge in [-0.25, -0.2) is 4.98 Å². The Hall–Kier alpha value is -2.13. The molecule has 0 amide bonds. The Morgan fingerprint density at radius 2 is 2.25 bits per heavy atom. The van der Waals surface area contributed by atoms with Gasteiger partial charge in [-0.1, -0.05) is 12.2 Å². The first-order valence-electron chi connectivity index (χ1n) is 5.43. The molecule has 1 aromatic heterocycles. The van der Waals surface area contributed by atoms with Gasteiger partial charge in [0.1, 0.15) is 10.7 Å². The van der Waals surface area contributed by atoms with Crippen LogP contribution in [-0.2, 0) is 10.0 Å². The Labute approximate surface area is 121 Å². The number of hydrogen-bond donors (Lipinski definition) is 3. The molecule has 0 aliphatic heterocycles. The van der Waals surface area contributed by atoms with E-state index in [9.17, 15) is 8.42 Å². The molecule has 0 unspecified atom stereocenters. The molecule has 2 aromatic rings. The minimum Gasteiger partial charge on any atom is -0.495 e. The first-order chi connectivity index (χ1) is 9.44. The third-order valence-electron chi connectivity index (χ3n) is 2.49. The average Bonchev–Trinajstić information content (AvgIpc) is 2.93. The molecule has 0 bridgehead atoms. The molecule has 0 saturated carbocycles. The van der Waals surface area contributed by atoms with Crippen LogP contribution >= 0.6 is 12.2 Å². The summed E-state index contributed by atoms with van der Waals surface area (Å²) in [5, 5.41) is -0.0435. The van der Waals surface area contributed by atoms with E-state index in [1.54, 1.807) is 12.1 Å². The number of nitrogens with one attached hydrogen (secondary N) is 2. The van der Waals surface area contributed by atoms with Crippen LogP contribution in [0.15, 0.2) is 35.7 Å². The number of aromatic nitrogens is 2. The second kappa shape index (κ2) is 5.47. The Kier molecular flexibility index (Phi) is 3.91. The molecule has 0 saturated heterocycles. The molecule has 2 rings (SSSR count). The van der Waals surface area contributed by atoms with Crippen molar-refractivity contribution in [3.05, 3.63) is 36.3 Å². The molecule has 4 N–H and O–H groups in total. The van der Waals surface area contributed by atoms with Crippen LogP contribution in [0.3, 0.4) is 0 Å². The Balaban J connectivity index is 2.37. The molecule has 1 aromatic carbocycles. The van der Waals surface area contributed by atoms with Crippen molar-refractivity contribution in [2.75, 3.05) is 11.8 Å². The lowest BCUT2D eigenvalue weighted by atomic mass is 10.2. The maximum Gasteiger partial charge on any atom is 0.279 e. The van der Waals surface area contributed by atoms with E-state index in [0.29, 0.717) is 11.3 Å². The summed E-state index contributed by atoms with van der Waals surface area (Å²) in [6, 6.07) is 4.70. The maximum atomic E-state index is 12.1. The van der Waals surface area contributed by atoms with Gasteiger partial charge >= 0.3 is 0 Å². The van der Waals surface area contributed by atoms with Crippen molar-refractivity contribution in [2.24, 2.45) is 5.73 Å². The predicted molar refractivity (Wildman–Crippen MR) is 78.3 cm³/mol. The van der Waals surface area contributed by atoms with Gasteiger partial charge < -0.3 is 15.5 Å². The molecule has 1 heterocycles. The summed E-state index contributed by atoms with van der Waals surface area (Å²) in [5.74, 6) is 0.318. The number of sulfonamides is 1. The molecule has 9 heteroatoms. The SMILES string of the molecule is COc1cc(C(N)=S)ccc1NS(=O)(=O)c1cnc[nH]1. The summed E-state index contributed by atoms with van der Waals surface area (Å²) in [7, 11) is -2.32. The van der Waals surface area contributed by atoms with Gasteiger partial charge in [-0.05, 0) is 18.2 Å². The number of ether oxygens (including phenoxy) is 1. The van der Waals surface area contributed by atoms with Crippen LogP contribution < -0.4 is 15.2 Å². The first-order valence-corrected chi connectivity index (χ1v) is 7.32. The fourth-order valence-electron chi connectivity index (χ4n) is 1.52. The van der Waals surface area contributed by atoms with Crippen LogP contribution in [0, 0.1) is 0 Å². The first kappa shape index (κ1) is 14.3. The third-order valence-corrected chi connectivity index (χ3v) is 4.02. The molecule has 0 radical (unpaired) electrons. The van der Waals surface area contributed by atoms with Crippen molar-refractivity contribution in [1.29, 1.82) is 0 Å². The molecule has 0 aliphatic rings. The second-order valence-electron chi connectivity index (χ2n) is 3.80. The highest BCUT2D eigenvalue weighted by molar-refractivity contribution is 7.92. The lowest BCUT2D eigenvalue weighted by Gasteiger charge is -2.12. The number of H-pyrrole nitrogens is 1. The number of anilines is 1. The normalized spacial score (nSPS) is 11.1. The number of benzene rings is 1. The van der Waals surface area contributed by atoms with Crippen molar-refractivity contribution in [1.82, 2.24) is 9.97 Å². The van der Waals surface area contributed by atoms with E-state index in [-0.39, 0.29) is 15.7 Å². The summed E-state index contributed by atoms with van der Waals surface area (Å²) in [5.41, 5.74) is 6.38. The molecule has 0 fully saturated rings. The highest BCUT2D eigenvalue weighted by atomic mass is 32.2. The summed E-state index contributed by atoms with van der Waals surface area (Å²) >= 11 is 4.86. The summed E-state index contributed by atoms with van der Waals surface area (Å²) in [4.78, 5) is 6.39. The van der Waals surface area contributed by atoms with E-state index in [0.717, 1.165) is 0 Å². The number of nitrogens with two attached hydrogens (primary N) is 1. The van der Waals surface area contributed by atoms with Gasteiger partial charge in [-0.2, -0.15) is 8.42 Å². The predicted octanol–water partition coefficient (Wildman–Crippen LogP) is 0.853. The van der Waals surface area contributed by atoms with E-state index in [2.05, 4.69) is 14.7 Å². The van der Waals surface area contributed by atoms with Crippen LogP contribution in [0.5, 0.6) is 5.75 Å². The number of hydrogen-bond acceptors (Lipinski definition) is 5. The molecule has 7 nitrogen and oxygen atoms in total. The number of nitrogens with zero attached hydrogens (tertiary/aromatic N) is 1. The highest BCUT2D eigenvalue weighted by Gasteiger charge is 2.18. The van der Waals surface area contributed by atoms with E-state index < -0.39 is 10.0 Å². The van der Waals surface area contributed by atoms with Gasteiger partial charge in [0.05, 0.1) is 25.3 Å². The van der Waals surface area contributed by atoms with Crippen molar-refractivity contribution < 1.29 is 13.2 Å². The smallest absolute Gasteiger partial charge is 0.279 e. The van der Waals surface area contributed by atoms with Gasteiger partial charge in [-0.3, -0.25) is 4.72 Å². The topological polar surface area (TPSA) is 110 Å². The zero-order valence-corrected chi connectivity index (χ0v) is 12.1. The number of methoxy groups -OCH3 is 1. The summed E-state index contributed by atoms with van der Waals surface area (Å²) in [6.45, 7) is 0. The minimum absolute atomic E-state index is 0.0435. The number of imidazole rings is 1. The maximum absolute atomic E-state index is 12.1. The molecule has 20 heavy (non-hydrogen) atoms. The fraction of sp³-hybridized carbons (Fsp3) is 0.0909. The number of aromatic amines is 1. The van der Waals surface area contributed by atoms with Gasteiger partial charge in [0, 0.05) is 5.56 Å². The Morgan fingerprint density at radius 1 is 1.50 bits per heavy atom. The molecule has 0 spiro atoms. The monoisotopic (exact) mass is 312 g/mol. The summed E-state index contributed by atoms with van der Waals surface area (Å²) < 4.78 is 31.7. The molecule has 0 aliphatic carbocycles. The molecular weight excluding hydrogens is 300 g/mol. The van der Waals surface area contributed by atoms with Crippen molar-refractivity contribution >= 4 is 32.9 Å². The lowest BCUT2D eigenvalue weighted by molar-refractivity contribution is 0.417. The lowest BCUT2D eigenvalue weighted by Crippen LogP contribution is -2.15. The Bertz CT molecular complexity index is 726. The second-order valence-corrected chi connectivity index (χ2v) is 5.89. The van der Waals surface area contributed by atoms with Gasteiger partial charge in [0.2, 0.25) is 0 Å². The highest BCUT2D eigenvalue weighted by Crippen LogP contribution is 2.27. The number of thiocarbonyl (C=S) groups is 1. The standard InChI is InChI=1S/C11H12N4O3S2/c1-18-9-4-7(11(12)19)2-3-8(9)15-20(16,17)10-5-13-6-14-10/h2-6,15H,1H3,(H2,12,19)(H,13,14). The third kappa shape index (κ3) is 2.89. The van der Waals surface area contributed by atoms with Crippen LogP contribution in [-0.4, -0.2) is 30.5 Å². The van der Waals surface area contributed by atoms with Crippen LogP contribution in [0.1, 0.15) is 5.56 Å². The van der Waals surface area contributed by atoms with Crippen LogP contribution in [0.4, 0.5) is 5.69 Å². The van der Waals surface area contributed by atoms with Gasteiger partial charge in [0.25, 0.3) is 10.0 Å². The summed E-state index contributed by atoms with van der Waals surface area (Å²) in [6.07, 6.45) is 2.49.